The molecule has 0 bridgehead atoms. The van der Waals surface area contributed by atoms with Gasteiger partial charge in [-0.3, -0.25) is 4.79 Å². The Labute approximate surface area is 149 Å². The molecule has 2 saturated heterocycles. The fourth-order valence-corrected chi connectivity index (χ4v) is 3.35. The minimum Gasteiger partial charge on any atom is -0.460 e. The first-order valence-corrected chi connectivity index (χ1v) is 8.95. The molecule has 2 aliphatic rings. The standard InChI is InChI=1S/C18H31NO6/c1-12(20)23-15-8-7-9-19(16(21)25-17(2,3)4)14(15)10-13-11-22-18(5,6)24-13/h13-15H,7-11H2,1-6H3/t13?,14-,15-/m0/s1. The molecule has 2 rings (SSSR count). The third-order valence-corrected chi connectivity index (χ3v) is 4.23. The summed E-state index contributed by atoms with van der Waals surface area (Å²) in [7, 11) is 0. The van der Waals surface area contributed by atoms with Gasteiger partial charge in [-0.25, -0.2) is 4.79 Å². The average molecular weight is 357 g/mol. The van der Waals surface area contributed by atoms with E-state index < -0.39 is 11.4 Å². The summed E-state index contributed by atoms with van der Waals surface area (Å²) in [5.41, 5.74) is -0.578. The van der Waals surface area contributed by atoms with Crippen molar-refractivity contribution >= 4 is 12.1 Å². The number of nitrogens with zero attached hydrogens (tertiary/aromatic N) is 1. The van der Waals surface area contributed by atoms with Gasteiger partial charge in [0, 0.05) is 19.9 Å². The van der Waals surface area contributed by atoms with E-state index in [2.05, 4.69) is 0 Å². The summed E-state index contributed by atoms with van der Waals surface area (Å²) in [6, 6.07) is -0.282. The van der Waals surface area contributed by atoms with Gasteiger partial charge in [-0.1, -0.05) is 0 Å². The van der Waals surface area contributed by atoms with Crippen LogP contribution in [0.5, 0.6) is 0 Å². The summed E-state index contributed by atoms with van der Waals surface area (Å²) in [4.78, 5) is 25.8. The Kier molecular flexibility index (Phi) is 5.99. The highest BCUT2D eigenvalue weighted by molar-refractivity contribution is 5.69. The summed E-state index contributed by atoms with van der Waals surface area (Å²) < 4.78 is 22.5. The molecular weight excluding hydrogens is 326 g/mol. The third kappa shape index (κ3) is 5.85. The molecule has 1 amide bonds. The maximum atomic E-state index is 12.6. The third-order valence-electron chi connectivity index (χ3n) is 4.23. The van der Waals surface area contributed by atoms with Crippen LogP contribution in [0.15, 0.2) is 0 Å². The van der Waals surface area contributed by atoms with Gasteiger partial charge in [-0.05, 0) is 47.5 Å². The Balaban J connectivity index is 2.14. The van der Waals surface area contributed by atoms with E-state index >= 15 is 0 Å². The molecule has 0 aromatic rings. The molecule has 25 heavy (non-hydrogen) atoms. The number of likely N-dealkylation sites (tertiary alicyclic amines) is 1. The molecule has 0 aromatic heterocycles. The summed E-state index contributed by atoms with van der Waals surface area (Å²) >= 11 is 0. The highest BCUT2D eigenvalue weighted by Crippen LogP contribution is 2.31. The van der Waals surface area contributed by atoms with E-state index in [-0.39, 0.29) is 30.3 Å². The lowest BCUT2D eigenvalue weighted by atomic mass is 9.94. The molecule has 1 unspecified atom stereocenters. The van der Waals surface area contributed by atoms with E-state index in [9.17, 15) is 9.59 Å². The number of carbonyl (C=O) groups is 2. The van der Waals surface area contributed by atoms with E-state index in [1.807, 2.05) is 34.6 Å². The van der Waals surface area contributed by atoms with Gasteiger partial charge >= 0.3 is 12.1 Å². The smallest absolute Gasteiger partial charge is 0.410 e. The Morgan fingerprint density at radius 3 is 2.48 bits per heavy atom. The Morgan fingerprint density at radius 2 is 1.96 bits per heavy atom. The molecule has 0 saturated carbocycles. The van der Waals surface area contributed by atoms with Crippen LogP contribution < -0.4 is 0 Å². The number of piperidine rings is 1. The first-order valence-electron chi connectivity index (χ1n) is 8.95. The maximum Gasteiger partial charge on any atom is 0.410 e. The molecule has 0 aromatic carbocycles. The minimum absolute atomic E-state index is 0.152. The van der Waals surface area contributed by atoms with Crippen LogP contribution in [-0.4, -0.2) is 59.8 Å². The highest BCUT2D eigenvalue weighted by Gasteiger charge is 2.42. The van der Waals surface area contributed by atoms with Crippen LogP contribution in [0.1, 0.15) is 60.8 Å². The molecule has 3 atom stereocenters. The number of hydrogen-bond donors (Lipinski definition) is 0. The van der Waals surface area contributed by atoms with Gasteiger partial charge in [0.05, 0.1) is 18.8 Å². The van der Waals surface area contributed by atoms with Gasteiger partial charge in [-0.15, -0.1) is 0 Å². The Morgan fingerprint density at radius 1 is 1.28 bits per heavy atom. The predicted octanol–water partition coefficient (Wildman–Crippen LogP) is 2.86. The second-order valence-corrected chi connectivity index (χ2v) is 8.22. The topological polar surface area (TPSA) is 74.3 Å². The van der Waals surface area contributed by atoms with Crippen molar-refractivity contribution in [3.63, 3.8) is 0 Å². The molecule has 0 N–H and O–H groups in total. The largest absolute Gasteiger partial charge is 0.460 e. The predicted molar refractivity (Wildman–Crippen MR) is 91.0 cm³/mol. The molecule has 0 aliphatic carbocycles. The van der Waals surface area contributed by atoms with Crippen LogP contribution in [0.4, 0.5) is 4.79 Å². The summed E-state index contributed by atoms with van der Waals surface area (Å²) in [5.74, 6) is -0.975. The van der Waals surface area contributed by atoms with Gasteiger partial charge in [0.2, 0.25) is 0 Å². The van der Waals surface area contributed by atoms with Crippen LogP contribution in [-0.2, 0) is 23.7 Å². The van der Waals surface area contributed by atoms with E-state index in [1.54, 1.807) is 4.90 Å². The van der Waals surface area contributed by atoms with Crippen molar-refractivity contribution in [2.75, 3.05) is 13.2 Å². The van der Waals surface area contributed by atoms with Crippen molar-refractivity contribution in [2.45, 2.75) is 90.4 Å². The van der Waals surface area contributed by atoms with Gasteiger partial charge in [0.15, 0.2) is 5.79 Å². The lowest BCUT2D eigenvalue weighted by Crippen LogP contribution is -2.54. The number of esters is 1. The van der Waals surface area contributed by atoms with Crippen LogP contribution >= 0.6 is 0 Å². The second kappa shape index (κ2) is 7.50. The van der Waals surface area contributed by atoms with Crippen molar-refractivity contribution in [3.05, 3.63) is 0 Å². The van der Waals surface area contributed by atoms with Crippen molar-refractivity contribution in [1.29, 1.82) is 0 Å². The maximum absolute atomic E-state index is 12.6. The SMILES string of the molecule is CC(=O)O[C@H]1CCCN(C(=O)OC(C)(C)C)[C@H]1CC1COC(C)(C)O1. The Hall–Kier alpha value is -1.34. The fourth-order valence-electron chi connectivity index (χ4n) is 3.35. The zero-order chi connectivity index (χ0) is 18.8. The van der Waals surface area contributed by atoms with Gasteiger partial charge in [0.1, 0.15) is 11.7 Å². The molecular formula is C18H31NO6. The number of rotatable bonds is 3. The van der Waals surface area contributed by atoms with Crippen LogP contribution in [0.25, 0.3) is 0 Å². The van der Waals surface area contributed by atoms with Crippen LogP contribution in [0.2, 0.25) is 0 Å². The van der Waals surface area contributed by atoms with Crippen molar-refractivity contribution in [1.82, 2.24) is 4.90 Å². The molecule has 2 heterocycles. The normalized spacial score (nSPS) is 29.4. The van der Waals surface area contributed by atoms with E-state index in [0.29, 0.717) is 19.6 Å². The van der Waals surface area contributed by atoms with Gasteiger partial charge in [0.25, 0.3) is 0 Å². The molecule has 144 valence electrons. The molecule has 2 aliphatic heterocycles. The first-order chi connectivity index (χ1) is 11.5. The lowest BCUT2D eigenvalue weighted by Gasteiger charge is -2.41. The molecule has 0 spiro atoms. The van der Waals surface area contributed by atoms with E-state index in [1.165, 1.54) is 6.92 Å². The minimum atomic E-state index is -0.632. The zero-order valence-electron chi connectivity index (χ0n) is 16.2. The van der Waals surface area contributed by atoms with E-state index in [0.717, 1.165) is 12.8 Å². The molecule has 7 heteroatoms. The number of amides is 1. The van der Waals surface area contributed by atoms with Crippen molar-refractivity contribution < 1.29 is 28.5 Å². The van der Waals surface area contributed by atoms with Crippen LogP contribution in [0.3, 0.4) is 0 Å². The van der Waals surface area contributed by atoms with Gasteiger partial charge < -0.3 is 23.8 Å². The quantitative estimate of drug-likeness (QED) is 0.723. The van der Waals surface area contributed by atoms with Crippen molar-refractivity contribution in [2.24, 2.45) is 0 Å². The summed E-state index contributed by atoms with van der Waals surface area (Å²) in [5, 5.41) is 0. The van der Waals surface area contributed by atoms with Crippen molar-refractivity contribution in [3.8, 4) is 0 Å². The van der Waals surface area contributed by atoms with Crippen LogP contribution in [0, 0.1) is 0 Å². The van der Waals surface area contributed by atoms with E-state index in [4.69, 9.17) is 18.9 Å². The Bertz CT molecular complexity index is 498. The first kappa shape index (κ1) is 20.0. The second-order valence-electron chi connectivity index (χ2n) is 8.22. The molecule has 0 radical (unpaired) electrons. The number of ether oxygens (including phenoxy) is 4. The summed E-state index contributed by atoms with van der Waals surface area (Å²) in [6.45, 7) is 11.7. The average Bonchev–Trinajstić information content (AvgIpc) is 2.77. The summed E-state index contributed by atoms with van der Waals surface area (Å²) in [6.07, 6.45) is 1.14. The number of carbonyl (C=O) groups excluding carboxylic acids is 2. The highest BCUT2D eigenvalue weighted by atomic mass is 16.7. The number of hydrogen-bond acceptors (Lipinski definition) is 6. The fraction of sp³-hybridized carbons (Fsp3) is 0.889. The lowest BCUT2D eigenvalue weighted by molar-refractivity contribution is -0.157. The van der Waals surface area contributed by atoms with Gasteiger partial charge in [-0.2, -0.15) is 0 Å². The monoisotopic (exact) mass is 357 g/mol. The molecule has 2 fully saturated rings. The zero-order valence-corrected chi connectivity index (χ0v) is 16.2. The molecule has 7 nitrogen and oxygen atoms in total.